The molecule has 0 radical (unpaired) electrons. The van der Waals surface area contributed by atoms with Crippen LogP contribution in [0.3, 0.4) is 0 Å². The molecule has 3 saturated carbocycles. The molecule has 3 fully saturated rings. The van der Waals surface area contributed by atoms with Gasteiger partial charge in [0, 0.05) is 19.9 Å². The molecule has 31 heavy (non-hydrogen) atoms. The van der Waals surface area contributed by atoms with Crippen molar-refractivity contribution < 1.29 is 9.53 Å². The lowest BCUT2D eigenvalue weighted by molar-refractivity contribution is -0.148. The number of ether oxygens (including phenoxy) is 1. The molecule has 0 unspecified atom stereocenters. The molecule has 0 spiro atoms. The fourth-order valence-electron chi connectivity index (χ4n) is 8.49. The van der Waals surface area contributed by atoms with Gasteiger partial charge < -0.3 is 9.64 Å². The third-order valence-corrected chi connectivity index (χ3v) is 10.0. The van der Waals surface area contributed by atoms with Crippen molar-refractivity contribution in [2.75, 3.05) is 20.6 Å². The van der Waals surface area contributed by atoms with Gasteiger partial charge in [-0.15, -0.1) is 0 Å². The Morgan fingerprint density at radius 3 is 2.68 bits per heavy atom. The number of hydrogen-bond donors (Lipinski definition) is 0. The lowest BCUT2D eigenvalue weighted by Gasteiger charge is -2.58. The number of allylic oxidation sites excluding steroid dienone is 2. The summed E-state index contributed by atoms with van der Waals surface area (Å²) in [6.07, 6.45) is 17.6. The Morgan fingerprint density at radius 1 is 1.19 bits per heavy atom. The van der Waals surface area contributed by atoms with Gasteiger partial charge in [0.05, 0.1) is 0 Å². The molecule has 0 N–H and O–H groups in total. The number of fused-ring (bicyclic) bond motifs is 5. The summed E-state index contributed by atoms with van der Waals surface area (Å²) in [5, 5.41) is 0. The number of rotatable bonds is 5. The minimum atomic E-state index is -0.123. The molecule has 0 amide bonds. The number of esters is 1. The monoisotopic (exact) mass is 427 g/mol. The van der Waals surface area contributed by atoms with Gasteiger partial charge in [-0.2, -0.15) is 0 Å². The van der Waals surface area contributed by atoms with E-state index in [1.54, 1.807) is 12.5 Å². The molecule has 0 bridgehead atoms. The highest BCUT2D eigenvalue weighted by molar-refractivity contribution is 5.66. The Kier molecular flexibility index (Phi) is 6.47. The third kappa shape index (κ3) is 4.16. The van der Waals surface area contributed by atoms with E-state index in [2.05, 4.69) is 58.0 Å². The van der Waals surface area contributed by atoms with Crippen LogP contribution in [-0.2, 0) is 9.53 Å². The molecule has 4 rings (SSSR count). The molecule has 8 atom stereocenters. The van der Waals surface area contributed by atoms with Crippen LogP contribution in [0.15, 0.2) is 23.8 Å². The van der Waals surface area contributed by atoms with E-state index >= 15 is 0 Å². The van der Waals surface area contributed by atoms with Crippen LogP contribution in [0, 0.1) is 40.4 Å². The van der Waals surface area contributed by atoms with Gasteiger partial charge in [0.1, 0.15) is 6.10 Å². The fourth-order valence-corrected chi connectivity index (χ4v) is 8.49. The zero-order valence-corrected chi connectivity index (χ0v) is 20.8. The lowest BCUT2D eigenvalue weighted by Crippen LogP contribution is -2.51. The Hall–Kier alpha value is -1.09. The second-order valence-corrected chi connectivity index (χ2v) is 12.0. The average molecular weight is 428 g/mol. The summed E-state index contributed by atoms with van der Waals surface area (Å²) < 4.78 is 5.60. The average Bonchev–Trinajstić information content (AvgIpc) is 3.05. The molecule has 0 saturated heterocycles. The highest BCUT2D eigenvalue weighted by Crippen LogP contribution is 2.67. The van der Waals surface area contributed by atoms with Crippen molar-refractivity contribution in [1.29, 1.82) is 0 Å². The van der Waals surface area contributed by atoms with Crippen molar-refractivity contribution in [1.82, 2.24) is 4.90 Å². The van der Waals surface area contributed by atoms with E-state index in [9.17, 15) is 4.79 Å². The van der Waals surface area contributed by atoms with Crippen molar-refractivity contribution in [2.24, 2.45) is 40.4 Å². The summed E-state index contributed by atoms with van der Waals surface area (Å²) in [4.78, 5) is 13.7. The summed E-state index contributed by atoms with van der Waals surface area (Å²) in [5.41, 5.74) is 2.43. The molecule has 4 aliphatic rings. The molecular weight excluding hydrogens is 382 g/mol. The zero-order chi connectivity index (χ0) is 22.4. The quantitative estimate of drug-likeness (QED) is 0.383. The van der Waals surface area contributed by atoms with Gasteiger partial charge in [-0.3, -0.25) is 4.79 Å². The highest BCUT2D eigenvalue weighted by atomic mass is 16.5. The minimum Gasteiger partial charge on any atom is -0.462 e. The summed E-state index contributed by atoms with van der Waals surface area (Å²) in [7, 11) is 4.29. The van der Waals surface area contributed by atoms with E-state index < -0.39 is 0 Å². The molecule has 0 aromatic carbocycles. The predicted octanol–water partition coefficient (Wildman–Crippen LogP) is 6.25. The SMILES string of the molecule is CC(=O)O[C@H]1CC[C@@]2(C)C(=CC[C@H]3[C@@H]4CC[C@H]([C@H](C)/C=C\CN(C)C)[C@@]4(C)CC[C@@H]32)C1. The fraction of sp³-hybridized carbons (Fsp3) is 0.821. The summed E-state index contributed by atoms with van der Waals surface area (Å²) in [6.45, 7) is 10.2. The molecule has 3 nitrogen and oxygen atoms in total. The van der Waals surface area contributed by atoms with Crippen molar-refractivity contribution in [2.45, 2.75) is 85.2 Å². The van der Waals surface area contributed by atoms with Crippen LogP contribution in [-0.4, -0.2) is 37.6 Å². The van der Waals surface area contributed by atoms with Crippen LogP contribution in [0.4, 0.5) is 0 Å². The number of carbonyl (C=O) groups excluding carboxylic acids is 1. The highest BCUT2D eigenvalue weighted by Gasteiger charge is 2.59. The maximum absolute atomic E-state index is 11.5. The second kappa shape index (κ2) is 8.69. The van der Waals surface area contributed by atoms with Crippen LogP contribution < -0.4 is 0 Å². The van der Waals surface area contributed by atoms with E-state index in [1.165, 1.54) is 38.5 Å². The number of likely N-dealkylation sites (N-methyl/N-ethyl adjacent to an activating group) is 1. The molecule has 0 aromatic heterocycles. The minimum absolute atomic E-state index is 0.105. The molecule has 0 aliphatic heterocycles. The molecular formula is C28H45NO2. The van der Waals surface area contributed by atoms with Crippen LogP contribution in [0.5, 0.6) is 0 Å². The maximum Gasteiger partial charge on any atom is 0.302 e. The van der Waals surface area contributed by atoms with Crippen molar-refractivity contribution >= 4 is 5.97 Å². The Labute approximate surface area is 190 Å². The van der Waals surface area contributed by atoms with E-state index in [-0.39, 0.29) is 12.1 Å². The number of hydrogen-bond acceptors (Lipinski definition) is 3. The first-order valence-corrected chi connectivity index (χ1v) is 12.8. The van der Waals surface area contributed by atoms with Crippen LogP contribution >= 0.6 is 0 Å². The van der Waals surface area contributed by atoms with E-state index in [0.717, 1.165) is 43.1 Å². The second-order valence-electron chi connectivity index (χ2n) is 12.0. The van der Waals surface area contributed by atoms with Gasteiger partial charge >= 0.3 is 5.97 Å². The normalized spacial score (nSPS) is 43.2. The Morgan fingerprint density at radius 2 is 1.97 bits per heavy atom. The summed E-state index contributed by atoms with van der Waals surface area (Å²) in [6, 6.07) is 0. The topological polar surface area (TPSA) is 29.5 Å². The van der Waals surface area contributed by atoms with Gasteiger partial charge in [-0.05, 0) is 99.5 Å². The van der Waals surface area contributed by atoms with E-state index in [1.807, 2.05) is 0 Å². The first-order valence-electron chi connectivity index (χ1n) is 12.8. The van der Waals surface area contributed by atoms with Gasteiger partial charge in [-0.1, -0.05) is 44.6 Å². The largest absolute Gasteiger partial charge is 0.462 e. The molecule has 174 valence electrons. The summed E-state index contributed by atoms with van der Waals surface area (Å²) in [5.74, 6) is 3.93. The number of nitrogens with zero attached hydrogens (tertiary/aromatic N) is 1. The molecule has 0 heterocycles. The van der Waals surface area contributed by atoms with Crippen LogP contribution in [0.2, 0.25) is 0 Å². The predicted molar refractivity (Wildman–Crippen MR) is 128 cm³/mol. The van der Waals surface area contributed by atoms with Crippen LogP contribution in [0.25, 0.3) is 0 Å². The van der Waals surface area contributed by atoms with E-state index in [4.69, 9.17) is 4.74 Å². The first-order chi connectivity index (χ1) is 14.6. The lowest BCUT2D eigenvalue weighted by atomic mass is 9.47. The first kappa shape index (κ1) is 23.1. The van der Waals surface area contributed by atoms with Crippen molar-refractivity contribution in [3.63, 3.8) is 0 Å². The molecule has 3 heteroatoms. The third-order valence-electron chi connectivity index (χ3n) is 10.0. The Bertz CT molecular complexity index is 739. The van der Waals surface area contributed by atoms with E-state index in [0.29, 0.717) is 16.7 Å². The standard InChI is InChI=1S/C28H45NO2/c1-19(8-7-17-29(5)6)24-11-12-25-23-10-9-21-18-22(31-20(2)30)13-15-27(21,3)26(23)14-16-28(24,25)4/h7-9,19,22-26H,10-18H2,1-6H3/b8-7-/t19-,22+,23+,24-,25+,26+,27+,28-/m1/s1. The van der Waals surface area contributed by atoms with Gasteiger partial charge in [0.2, 0.25) is 0 Å². The number of carbonyl (C=O) groups is 1. The summed E-state index contributed by atoms with van der Waals surface area (Å²) >= 11 is 0. The maximum atomic E-state index is 11.5. The molecule has 4 aliphatic carbocycles. The van der Waals surface area contributed by atoms with Gasteiger partial charge in [0.15, 0.2) is 0 Å². The van der Waals surface area contributed by atoms with Gasteiger partial charge in [-0.25, -0.2) is 0 Å². The van der Waals surface area contributed by atoms with Crippen molar-refractivity contribution in [3.8, 4) is 0 Å². The smallest absolute Gasteiger partial charge is 0.302 e. The zero-order valence-electron chi connectivity index (χ0n) is 20.8. The Balaban J connectivity index is 1.50. The van der Waals surface area contributed by atoms with Gasteiger partial charge in [0.25, 0.3) is 0 Å². The van der Waals surface area contributed by atoms with Crippen LogP contribution in [0.1, 0.15) is 79.1 Å². The van der Waals surface area contributed by atoms with Crippen molar-refractivity contribution in [3.05, 3.63) is 23.8 Å². The molecule has 0 aromatic rings.